The SMILES string of the molecule is Clc1ccc(-c2noc(-c3cccnc3NCc3ccccn3)n2)cc1. The molecule has 0 saturated heterocycles. The van der Waals surface area contributed by atoms with Crippen LogP contribution in [-0.4, -0.2) is 20.1 Å². The molecule has 6 nitrogen and oxygen atoms in total. The number of pyridine rings is 2. The van der Waals surface area contributed by atoms with Crippen LogP contribution in [0.3, 0.4) is 0 Å². The maximum atomic E-state index is 5.92. The minimum atomic E-state index is 0.395. The molecule has 1 aromatic carbocycles. The first-order chi connectivity index (χ1) is 12.8. The molecule has 0 amide bonds. The van der Waals surface area contributed by atoms with Gasteiger partial charge in [-0.2, -0.15) is 4.98 Å². The molecule has 1 N–H and O–H groups in total. The summed E-state index contributed by atoms with van der Waals surface area (Å²) in [6.45, 7) is 0.545. The van der Waals surface area contributed by atoms with Gasteiger partial charge in [-0.1, -0.05) is 22.8 Å². The molecule has 128 valence electrons. The van der Waals surface area contributed by atoms with Crippen LogP contribution in [0.1, 0.15) is 5.69 Å². The average Bonchev–Trinajstić information content (AvgIpc) is 3.18. The van der Waals surface area contributed by atoms with Crippen molar-refractivity contribution in [1.29, 1.82) is 0 Å². The van der Waals surface area contributed by atoms with Gasteiger partial charge in [-0.3, -0.25) is 4.98 Å². The molecule has 0 aliphatic heterocycles. The Bertz CT molecular complexity index is 1000. The molecule has 26 heavy (non-hydrogen) atoms. The molecule has 4 rings (SSSR count). The predicted molar refractivity (Wildman–Crippen MR) is 99.5 cm³/mol. The van der Waals surface area contributed by atoms with Gasteiger partial charge in [0.2, 0.25) is 5.82 Å². The van der Waals surface area contributed by atoms with Crippen molar-refractivity contribution in [2.45, 2.75) is 6.54 Å². The van der Waals surface area contributed by atoms with Crippen LogP contribution >= 0.6 is 11.6 Å². The molecule has 0 spiro atoms. The Morgan fingerprint density at radius 1 is 0.923 bits per heavy atom. The topological polar surface area (TPSA) is 76.7 Å². The fourth-order valence-corrected chi connectivity index (χ4v) is 2.57. The van der Waals surface area contributed by atoms with E-state index in [4.69, 9.17) is 16.1 Å². The fraction of sp³-hybridized carbons (Fsp3) is 0.0526. The third-order valence-electron chi connectivity index (χ3n) is 3.73. The number of halogens is 1. The van der Waals surface area contributed by atoms with Gasteiger partial charge < -0.3 is 9.84 Å². The maximum Gasteiger partial charge on any atom is 0.261 e. The van der Waals surface area contributed by atoms with Crippen molar-refractivity contribution < 1.29 is 4.52 Å². The highest BCUT2D eigenvalue weighted by molar-refractivity contribution is 6.30. The minimum Gasteiger partial charge on any atom is -0.364 e. The van der Waals surface area contributed by atoms with Gasteiger partial charge in [-0.15, -0.1) is 0 Å². The zero-order chi connectivity index (χ0) is 17.8. The normalized spacial score (nSPS) is 10.7. The first-order valence-electron chi connectivity index (χ1n) is 7.98. The van der Waals surface area contributed by atoms with Gasteiger partial charge in [0.05, 0.1) is 17.8 Å². The first-order valence-corrected chi connectivity index (χ1v) is 8.36. The second-order valence-electron chi connectivity index (χ2n) is 5.50. The fourth-order valence-electron chi connectivity index (χ4n) is 2.44. The molecule has 4 aromatic rings. The lowest BCUT2D eigenvalue weighted by atomic mass is 10.2. The molecular weight excluding hydrogens is 350 g/mol. The second kappa shape index (κ2) is 7.33. The Morgan fingerprint density at radius 3 is 2.58 bits per heavy atom. The monoisotopic (exact) mass is 363 g/mol. The number of hydrogen-bond acceptors (Lipinski definition) is 6. The highest BCUT2D eigenvalue weighted by Crippen LogP contribution is 2.27. The summed E-state index contributed by atoms with van der Waals surface area (Å²) in [5.41, 5.74) is 2.48. The largest absolute Gasteiger partial charge is 0.364 e. The van der Waals surface area contributed by atoms with Crippen LogP contribution in [0.5, 0.6) is 0 Å². The number of benzene rings is 1. The van der Waals surface area contributed by atoms with Crippen LogP contribution in [0.2, 0.25) is 5.02 Å². The summed E-state index contributed by atoms with van der Waals surface area (Å²) in [4.78, 5) is 13.2. The molecule has 0 radical (unpaired) electrons. The van der Waals surface area contributed by atoms with Crippen molar-refractivity contribution >= 4 is 17.4 Å². The van der Waals surface area contributed by atoms with Gasteiger partial charge in [0.1, 0.15) is 5.82 Å². The van der Waals surface area contributed by atoms with Gasteiger partial charge in [-0.05, 0) is 48.5 Å². The molecule has 3 heterocycles. The van der Waals surface area contributed by atoms with E-state index in [2.05, 4.69) is 25.4 Å². The van der Waals surface area contributed by atoms with Crippen LogP contribution < -0.4 is 5.32 Å². The number of rotatable bonds is 5. The van der Waals surface area contributed by atoms with Gasteiger partial charge in [0, 0.05) is 23.0 Å². The van der Waals surface area contributed by atoms with E-state index in [0.29, 0.717) is 29.1 Å². The number of hydrogen-bond donors (Lipinski definition) is 1. The Morgan fingerprint density at radius 2 is 1.77 bits per heavy atom. The Hall–Kier alpha value is -3.25. The molecule has 0 saturated carbocycles. The standard InChI is InChI=1S/C19H14ClN5O/c20-14-8-6-13(7-9-14)17-24-19(26-25-17)16-5-3-11-22-18(16)23-12-15-4-1-2-10-21-15/h1-11H,12H2,(H,22,23). The lowest BCUT2D eigenvalue weighted by Crippen LogP contribution is -2.04. The number of nitrogens with zero attached hydrogens (tertiary/aromatic N) is 4. The zero-order valence-corrected chi connectivity index (χ0v) is 14.4. The molecule has 0 atom stereocenters. The lowest BCUT2D eigenvalue weighted by molar-refractivity contribution is 0.432. The van der Waals surface area contributed by atoms with E-state index in [9.17, 15) is 0 Å². The van der Waals surface area contributed by atoms with Crippen LogP contribution in [-0.2, 0) is 6.54 Å². The summed E-state index contributed by atoms with van der Waals surface area (Å²) in [5.74, 6) is 1.55. The van der Waals surface area contributed by atoms with Crippen molar-refractivity contribution in [3.05, 3.63) is 77.7 Å². The molecule has 0 bridgehead atoms. The van der Waals surface area contributed by atoms with E-state index in [0.717, 1.165) is 16.8 Å². The molecule has 3 aromatic heterocycles. The van der Waals surface area contributed by atoms with Crippen LogP contribution in [0.15, 0.2) is 71.5 Å². The van der Waals surface area contributed by atoms with Gasteiger partial charge in [0.15, 0.2) is 0 Å². The number of anilines is 1. The highest BCUT2D eigenvalue weighted by atomic mass is 35.5. The molecule has 0 aliphatic carbocycles. The molecule has 0 aliphatic rings. The Balaban J connectivity index is 1.59. The Labute approximate surface area is 154 Å². The summed E-state index contributed by atoms with van der Waals surface area (Å²) in [6.07, 6.45) is 3.47. The third-order valence-corrected chi connectivity index (χ3v) is 3.98. The van der Waals surface area contributed by atoms with E-state index in [1.807, 2.05) is 42.5 Å². The molecular formula is C19H14ClN5O. The summed E-state index contributed by atoms with van der Waals surface area (Å²) in [5, 5.41) is 7.98. The summed E-state index contributed by atoms with van der Waals surface area (Å²) in [7, 11) is 0. The van der Waals surface area contributed by atoms with E-state index in [-0.39, 0.29) is 0 Å². The van der Waals surface area contributed by atoms with Crippen LogP contribution in [0, 0.1) is 0 Å². The van der Waals surface area contributed by atoms with Crippen LogP contribution in [0.4, 0.5) is 5.82 Å². The molecule has 7 heteroatoms. The average molecular weight is 364 g/mol. The smallest absolute Gasteiger partial charge is 0.261 e. The molecule has 0 fully saturated rings. The van der Waals surface area contributed by atoms with Gasteiger partial charge in [0.25, 0.3) is 5.89 Å². The van der Waals surface area contributed by atoms with E-state index >= 15 is 0 Å². The lowest BCUT2D eigenvalue weighted by Gasteiger charge is -2.07. The van der Waals surface area contributed by atoms with Crippen molar-refractivity contribution in [3.63, 3.8) is 0 Å². The van der Waals surface area contributed by atoms with Crippen molar-refractivity contribution in [1.82, 2.24) is 20.1 Å². The Kier molecular flexibility index (Phi) is 4.57. The van der Waals surface area contributed by atoms with E-state index < -0.39 is 0 Å². The van der Waals surface area contributed by atoms with Crippen molar-refractivity contribution in [2.24, 2.45) is 0 Å². The van der Waals surface area contributed by atoms with Crippen molar-refractivity contribution in [2.75, 3.05) is 5.32 Å². The third kappa shape index (κ3) is 3.55. The molecule has 0 unspecified atom stereocenters. The van der Waals surface area contributed by atoms with Crippen molar-refractivity contribution in [3.8, 4) is 22.8 Å². The summed E-state index contributed by atoms with van der Waals surface area (Å²) in [6, 6.07) is 16.8. The van der Waals surface area contributed by atoms with E-state index in [1.165, 1.54) is 0 Å². The summed E-state index contributed by atoms with van der Waals surface area (Å²) >= 11 is 5.92. The van der Waals surface area contributed by atoms with Crippen LogP contribution in [0.25, 0.3) is 22.8 Å². The predicted octanol–water partition coefficient (Wildman–Crippen LogP) is 4.46. The van der Waals surface area contributed by atoms with Gasteiger partial charge in [-0.25, -0.2) is 4.98 Å². The zero-order valence-electron chi connectivity index (χ0n) is 13.6. The van der Waals surface area contributed by atoms with Gasteiger partial charge >= 0.3 is 0 Å². The minimum absolute atomic E-state index is 0.395. The second-order valence-corrected chi connectivity index (χ2v) is 5.94. The number of nitrogens with one attached hydrogen (secondary N) is 1. The maximum absolute atomic E-state index is 5.92. The number of aromatic nitrogens is 4. The quantitative estimate of drug-likeness (QED) is 0.564. The summed E-state index contributed by atoms with van der Waals surface area (Å²) < 4.78 is 5.44. The highest BCUT2D eigenvalue weighted by Gasteiger charge is 2.15. The first kappa shape index (κ1) is 16.2. The van der Waals surface area contributed by atoms with E-state index in [1.54, 1.807) is 24.5 Å².